The molecule has 0 aromatic heterocycles. The molecule has 3 heterocycles. The molecule has 13 nitrogen and oxygen atoms in total. The molecular weight excluding hydrogens is 767 g/mol. The number of terminal acetylenes is 1. The summed E-state index contributed by atoms with van der Waals surface area (Å²) in [6, 6.07) is 16.5. The molecule has 13 heteroatoms. The first-order chi connectivity index (χ1) is 29.4. The summed E-state index contributed by atoms with van der Waals surface area (Å²) in [5.74, 6) is 0.272. The highest BCUT2D eigenvalue weighted by molar-refractivity contribution is 6.01. The average molecular weight is 842 g/mol. The smallest absolute Gasteiger partial charge is 0.249 e. The molecule has 336 valence electrons. The number of allylic oxidation sites excluding steroid dienone is 2. The zero-order chi connectivity index (χ0) is 45.7. The fraction of sp³-hybridized carbons (Fsp3) is 0.500. The predicted octanol–water partition coefficient (Wildman–Crippen LogP) is 5.90. The van der Waals surface area contributed by atoms with Crippen molar-refractivity contribution < 1.29 is 19.1 Å². The van der Waals surface area contributed by atoms with Gasteiger partial charge < -0.3 is 42.5 Å². The number of imide groups is 1. The van der Waals surface area contributed by atoms with Gasteiger partial charge in [0.15, 0.2) is 0 Å². The third-order valence-corrected chi connectivity index (χ3v) is 10.4. The number of hydrogen-bond acceptors (Lipinski definition) is 11. The summed E-state index contributed by atoms with van der Waals surface area (Å²) in [5.41, 5.74) is 18.3. The molecule has 2 aromatic carbocycles. The second-order valence-electron chi connectivity index (χ2n) is 14.8. The van der Waals surface area contributed by atoms with Gasteiger partial charge >= 0.3 is 0 Å². The van der Waals surface area contributed by atoms with E-state index in [0.29, 0.717) is 50.1 Å². The first-order valence-corrected chi connectivity index (χ1v) is 21.5. The number of benzene rings is 2. The van der Waals surface area contributed by atoms with E-state index in [9.17, 15) is 14.4 Å². The normalized spacial score (nSPS) is 16.6. The molecule has 2 fully saturated rings. The van der Waals surface area contributed by atoms with Gasteiger partial charge in [0.05, 0.1) is 24.4 Å². The van der Waals surface area contributed by atoms with Crippen molar-refractivity contribution >= 4 is 29.1 Å². The van der Waals surface area contributed by atoms with E-state index in [4.69, 9.17) is 15.9 Å². The SMILES string of the molecule is C#C.C/C=C(/CCC)C(=N)CN/C=C(\C)C1=C(N)OCCN1.CCC(CC)N1CCN(C(=O)Cc2ccc(C)cc2)CC1.CN.Cc1ccc(NC2CCC(=O)NC2=O)cc1. The molecule has 2 aromatic rings. The maximum absolute atomic E-state index is 12.4. The maximum Gasteiger partial charge on any atom is 0.249 e. The van der Waals surface area contributed by atoms with Gasteiger partial charge in [0.2, 0.25) is 23.6 Å². The average Bonchev–Trinajstić information content (AvgIpc) is 3.28. The van der Waals surface area contributed by atoms with Gasteiger partial charge in [-0.25, -0.2) is 0 Å². The number of piperazine rings is 1. The zero-order valence-corrected chi connectivity index (χ0v) is 38.2. The molecule has 0 saturated carbocycles. The number of nitrogens with zero attached hydrogens (tertiary/aromatic N) is 2. The van der Waals surface area contributed by atoms with Crippen molar-refractivity contribution in [1.82, 2.24) is 25.8 Å². The number of aryl methyl sites for hydroxylation is 2. The van der Waals surface area contributed by atoms with Crippen molar-refractivity contribution in [3.05, 3.63) is 100 Å². The number of amides is 3. The fourth-order valence-corrected chi connectivity index (χ4v) is 6.88. The number of carbonyl (C=O) groups is 3. The van der Waals surface area contributed by atoms with Crippen molar-refractivity contribution in [1.29, 1.82) is 5.41 Å². The zero-order valence-electron chi connectivity index (χ0n) is 38.2. The van der Waals surface area contributed by atoms with Crippen molar-refractivity contribution in [2.75, 3.05) is 58.2 Å². The number of carbonyl (C=O) groups excluding carboxylic acids is 3. The Morgan fingerprint density at radius 1 is 0.984 bits per heavy atom. The summed E-state index contributed by atoms with van der Waals surface area (Å²) >= 11 is 0. The number of rotatable bonds is 14. The molecule has 9 N–H and O–H groups in total. The number of hydrogen-bond donors (Lipinski definition) is 7. The molecular formula is C48H75N9O4. The van der Waals surface area contributed by atoms with Gasteiger partial charge in [-0.2, -0.15) is 0 Å². The van der Waals surface area contributed by atoms with Crippen LogP contribution in [0.2, 0.25) is 0 Å². The second kappa shape index (κ2) is 30.4. The number of ether oxygens (including phenoxy) is 1. The largest absolute Gasteiger partial charge is 0.476 e. The Morgan fingerprint density at radius 2 is 1.57 bits per heavy atom. The Bertz CT molecular complexity index is 1740. The molecule has 1 unspecified atom stereocenters. The Hall–Kier alpha value is -5.58. The van der Waals surface area contributed by atoms with E-state index in [0.717, 1.165) is 73.7 Å². The second-order valence-corrected chi connectivity index (χ2v) is 14.8. The number of piperidine rings is 1. The molecule has 3 aliphatic rings. The summed E-state index contributed by atoms with van der Waals surface area (Å²) < 4.78 is 5.30. The van der Waals surface area contributed by atoms with Gasteiger partial charge in [-0.3, -0.25) is 24.6 Å². The van der Waals surface area contributed by atoms with E-state index in [2.05, 4.69) is 96.7 Å². The Labute approximate surface area is 366 Å². The molecule has 61 heavy (non-hydrogen) atoms. The standard InChI is InChI=1S/C18H28N2O.C15H26N4O.C12H14N2O2.C2H2.CH5N/c1-4-17(5-2)19-10-12-20(13-11-19)18(21)14-16-8-6-15(3)7-9-16;1-4-6-12(5-2)13(16)10-18-9-11(3)14-15(17)20-8-7-19-14;1-8-2-4-9(5-3-8)13-10-6-7-11(15)14-12(10)16;2*1-2/h6-9,17H,4-5,10-14H2,1-3H3;5,9,16,18-19H,4,6-8,10,17H2,1-3H3;2-5,10,13H,6-7H2,1H3,(H,14,15,16);1-2H;2H2,1H3/b;11-9+,12-5-,16-13?;;;. The van der Waals surface area contributed by atoms with Crippen molar-refractivity contribution in [3.8, 4) is 12.8 Å². The Kier molecular flexibility index (Phi) is 26.7. The Morgan fingerprint density at radius 3 is 2.10 bits per heavy atom. The van der Waals surface area contributed by atoms with Crippen LogP contribution in [-0.2, 0) is 25.5 Å². The summed E-state index contributed by atoms with van der Waals surface area (Å²) in [7, 11) is 1.50. The molecule has 1 atom stereocenters. The molecule has 0 spiro atoms. The van der Waals surface area contributed by atoms with Crippen molar-refractivity contribution in [3.63, 3.8) is 0 Å². The first-order valence-electron chi connectivity index (χ1n) is 21.5. The predicted molar refractivity (Wildman–Crippen MR) is 252 cm³/mol. The minimum atomic E-state index is -0.305. The topological polar surface area (TPSA) is 191 Å². The van der Waals surface area contributed by atoms with Crippen LogP contribution in [0.15, 0.2) is 83.5 Å². The monoisotopic (exact) mass is 842 g/mol. The van der Waals surface area contributed by atoms with Crippen LogP contribution in [0.25, 0.3) is 0 Å². The maximum atomic E-state index is 12.4. The summed E-state index contributed by atoms with van der Waals surface area (Å²) in [6.45, 7) is 20.3. The summed E-state index contributed by atoms with van der Waals surface area (Å²) in [5, 5.41) is 19.9. The molecule has 0 radical (unpaired) electrons. The van der Waals surface area contributed by atoms with E-state index in [1.165, 1.54) is 31.0 Å². The first kappa shape index (κ1) is 53.4. The van der Waals surface area contributed by atoms with Crippen LogP contribution in [0.5, 0.6) is 0 Å². The van der Waals surface area contributed by atoms with Gasteiger partial charge in [-0.05, 0) is 89.3 Å². The lowest BCUT2D eigenvalue weighted by molar-refractivity contribution is -0.134. The van der Waals surface area contributed by atoms with Crippen LogP contribution in [0.1, 0.15) is 89.8 Å². The van der Waals surface area contributed by atoms with Crippen LogP contribution >= 0.6 is 0 Å². The lowest BCUT2D eigenvalue weighted by atomic mass is 10.1. The van der Waals surface area contributed by atoms with Crippen molar-refractivity contribution in [2.45, 2.75) is 105 Å². The fourth-order valence-electron chi connectivity index (χ4n) is 6.88. The minimum Gasteiger partial charge on any atom is -0.476 e. The van der Waals surface area contributed by atoms with Gasteiger partial charge in [0.25, 0.3) is 0 Å². The van der Waals surface area contributed by atoms with Crippen LogP contribution in [0.3, 0.4) is 0 Å². The number of anilines is 1. The Balaban J connectivity index is 0.000000442. The van der Waals surface area contributed by atoms with Crippen molar-refractivity contribution in [2.24, 2.45) is 11.5 Å². The molecule has 0 aliphatic carbocycles. The quantitative estimate of drug-likeness (QED) is 0.0685. The van der Waals surface area contributed by atoms with E-state index in [-0.39, 0.29) is 23.8 Å². The van der Waals surface area contributed by atoms with Gasteiger partial charge in [0, 0.05) is 57.1 Å². The van der Waals surface area contributed by atoms with E-state index < -0.39 is 0 Å². The summed E-state index contributed by atoms with van der Waals surface area (Å²) in [6.07, 6.45) is 17.8. The van der Waals surface area contributed by atoms with Crippen LogP contribution in [0.4, 0.5) is 5.69 Å². The highest BCUT2D eigenvalue weighted by Gasteiger charge is 2.26. The van der Waals surface area contributed by atoms with Crippen LogP contribution in [-0.4, -0.2) is 98.2 Å². The van der Waals surface area contributed by atoms with Gasteiger partial charge in [0.1, 0.15) is 12.6 Å². The summed E-state index contributed by atoms with van der Waals surface area (Å²) in [4.78, 5) is 39.4. The van der Waals surface area contributed by atoms with Gasteiger partial charge in [-0.1, -0.05) is 80.8 Å². The van der Waals surface area contributed by atoms with E-state index >= 15 is 0 Å². The van der Waals surface area contributed by atoms with E-state index in [1.54, 1.807) is 0 Å². The molecule has 5 rings (SSSR count). The molecule has 0 bridgehead atoms. The highest BCUT2D eigenvalue weighted by Crippen LogP contribution is 2.16. The minimum absolute atomic E-state index is 0.188. The number of nitrogens with one attached hydrogen (secondary N) is 5. The molecule has 3 aliphatic heterocycles. The van der Waals surface area contributed by atoms with Gasteiger partial charge in [-0.15, -0.1) is 12.8 Å². The third-order valence-electron chi connectivity index (χ3n) is 10.4. The van der Waals surface area contributed by atoms with Crippen LogP contribution in [0, 0.1) is 32.1 Å². The molecule has 2 saturated heterocycles. The lowest BCUT2D eigenvalue weighted by Crippen LogP contribution is -2.52. The van der Waals surface area contributed by atoms with E-state index in [1.807, 2.05) is 62.2 Å². The number of nitrogens with two attached hydrogens (primary N) is 2. The lowest BCUT2D eigenvalue weighted by Gasteiger charge is -2.39. The third kappa shape index (κ3) is 19.6. The van der Waals surface area contributed by atoms with Crippen LogP contribution < -0.4 is 32.7 Å². The molecule has 3 amide bonds. The highest BCUT2D eigenvalue weighted by atomic mass is 16.5.